The van der Waals surface area contributed by atoms with Gasteiger partial charge in [-0.1, -0.05) is 43.5 Å². The number of carbonyl (C=O) groups is 1. The molecule has 2 N–H and O–H groups in total. The fourth-order valence-corrected chi connectivity index (χ4v) is 5.27. The molecule has 1 saturated carbocycles. The molecule has 4 nitrogen and oxygen atoms in total. The standard InChI is InChI=1S/C21H20BF2NO3/c23-17-9-7-15-19(18(17)24)25-20(26)21(15,13-4-2-1-3-5-13)14-6-8-16-12(10-14)11-28-22(16)27/h6-10,13,27H,1-5,11H2,(H,25,26)/t21-/m0/s1. The number of hydrogen-bond donors (Lipinski definition) is 2. The Morgan fingerprint density at radius 3 is 2.71 bits per heavy atom. The van der Waals surface area contributed by atoms with E-state index in [9.17, 15) is 18.6 Å². The molecule has 28 heavy (non-hydrogen) atoms. The molecule has 0 bridgehead atoms. The Morgan fingerprint density at radius 2 is 1.93 bits per heavy atom. The Hall–Kier alpha value is -2.25. The number of benzene rings is 2. The third-order valence-electron chi connectivity index (χ3n) is 6.59. The number of halogens is 2. The molecule has 2 aromatic carbocycles. The molecule has 1 atom stereocenters. The van der Waals surface area contributed by atoms with E-state index in [1.807, 2.05) is 12.1 Å². The molecule has 0 aromatic heterocycles. The zero-order valence-electron chi connectivity index (χ0n) is 15.3. The van der Waals surface area contributed by atoms with Gasteiger partial charge in [0, 0.05) is 0 Å². The molecular weight excluding hydrogens is 363 g/mol. The van der Waals surface area contributed by atoms with E-state index in [0.717, 1.165) is 49.3 Å². The van der Waals surface area contributed by atoms with Gasteiger partial charge in [0.1, 0.15) is 5.41 Å². The zero-order valence-corrected chi connectivity index (χ0v) is 15.3. The molecule has 3 aliphatic rings. The summed E-state index contributed by atoms with van der Waals surface area (Å²) in [5.41, 5.74) is 1.65. The lowest BCUT2D eigenvalue weighted by Gasteiger charge is -2.39. The summed E-state index contributed by atoms with van der Waals surface area (Å²) in [4.78, 5) is 13.4. The first-order valence-corrected chi connectivity index (χ1v) is 9.76. The average molecular weight is 383 g/mol. The summed E-state index contributed by atoms with van der Waals surface area (Å²) in [7, 11) is -0.967. The first-order chi connectivity index (χ1) is 13.5. The molecule has 144 valence electrons. The van der Waals surface area contributed by atoms with Gasteiger partial charge < -0.3 is 15.0 Å². The number of hydrogen-bond acceptors (Lipinski definition) is 3. The van der Waals surface area contributed by atoms with Crippen molar-refractivity contribution in [3.8, 4) is 0 Å². The van der Waals surface area contributed by atoms with Gasteiger partial charge in [-0.05, 0) is 47.0 Å². The summed E-state index contributed by atoms with van der Waals surface area (Å²) < 4.78 is 33.7. The Kier molecular flexibility index (Phi) is 4.07. The molecule has 2 aliphatic heterocycles. The fourth-order valence-electron chi connectivity index (χ4n) is 5.27. The highest BCUT2D eigenvalue weighted by molar-refractivity contribution is 6.61. The minimum absolute atomic E-state index is 0.00217. The van der Waals surface area contributed by atoms with Crippen molar-refractivity contribution in [2.45, 2.75) is 44.1 Å². The van der Waals surface area contributed by atoms with E-state index >= 15 is 0 Å². The van der Waals surface area contributed by atoms with Crippen molar-refractivity contribution in [1.29, 1.82) is 0 Å². The van der Waals surface area contributed by atoms with E-state index < -0.39 is 24.2 Å². The van der Waals surface area contributed by atoms with Crippen LogP contribution in [-0.4, -0.2) is 18.0 Å². The lowest BCUT2D eigenvalue weighted by atomic mass is 9.61. The van der Waals surface area contributed by atoms with E-state index in [4.69, 9.17) is 4.65 Å². The van der Waals surface area contributed by atoms with Crippen molar-refractivity contribution < 1.29 is 23.3 Å². The Bertz CT molecular complexity index is 976. The summed E-state index contributed by atoms with van der Waals surface area (Å²) in [5.74, 6) is -2.29. The van der Waals surface area contributed by atoms with Crippen LogP contribution in [-0.2, 0) is 21.5 Å². The summed E-state index contributed by atoms with van der Waals surface area (Å²) in [6, 6.07) is 8.13. The maximum absolute atomic E-state index is 14.5. The molecule has 0 saturated heterocycles. The third-order valence-corrected chi connectivity index (χ3v) is 6.59. The second-order valence-electron chi connectivity index (χ2n) is 7.96. The second-order valence-corrected chi connectivity index (χ2v) is 7.96. The SMILES string of the molecule is O=C1Nc2c(ccc(F)c2F)[C@@]1(c1ccc2c(c1)COB2O)C1CCCCC1. The Morgan fingerprint density at radius 1 is 1.14 bits per heavy atom. The number of rotatable bonds is 2. The predicted octanol–water partition coefficient (Wildman–Crippen LogP) is 3.00. The summed E-state index contributed by atoms with van der Waals surface area (Å²) in [6.07, 6.45) is 4.82. The highest BCUT2D eigenvalue weighted by Gasteiger charge is 2.54. The van der Waals surface area contributed by atoms with Gasteiger partial charge in [-0.2, -0.15) is 0 Å². The molecule has 0 spiro atoms. The zero-order chi connectivity index (χ0) is 19.5. The van der Waals surface area contributed by atoms with Crippen LogP contribution in [0.15, 0.2) is 30.3 Å². The molecule has 2 heterocycles. The normalized spacial score (nSPS) is 24.2. The van der Waals surface area contributed by atoms with Gasteiger partial charge in [-0.25, -0.2) is 8.78 Å². The van der Waals surface area contributed by atoms with Gasteiger partial charge in [0.2, 0.25) is 5.91 Å². The highest BCUT2D eigenvalue weighted by atomic mass is 19.2. The quantitative estimate of drug-likeness (QED) is 0.784. The largest absolute Gasteiger partial charge is 0.491 e. The van der Waals surface area contributed by atoms with Crippen LogP contribution in [0, 0.1) is 17.6 Å². The van der Waals surface area contributed by atoms with E-state index in [-0.39, 0.29) is 24.1 Å². The molecule has 1 fully saturated rings. The summed E-state index contributed by atoms with van der Waals surface area (Å²) in [6.45, 7) is 0.261. The monoisotopic (exact) mass is 383 g/mol. The molecule has 1 amide bonds. The van der Waals surface area contributed by atoms with Gasteiger partial charge in [0.15, 0.2) is 11.6 Å². The van der Waals surface area contributed by atoms with Gasteiger partial charge in [-0.15, -0.1) is 0 Å². The lowest BCUT2D eigenvalue weighted by molar-refractivity contribution is -0.121. The topological polar surface area (TPSA) is 58.6 Å². The minimum Gasteiger partial charge on any atom is -0.423 e. The van der Waals surface area contributed by atoms with Crippen LogP contribution in [0.25, 0.3) is 0 Å². The van der Waals surface area contributed by atoms with E-state index in [0.29, 0.717) is 11.0 Å². The molecule has 1 aliphatic carbocycles. The number of fused-ring (bicyclic) bond motifs is 2. The Balaban J connectivity index is 1.75. The van der Waals surface area contributed by atoms with E-state index in [1.54, 1.807) is 12.1 Å². The van der Waals surface area contributed by atoms with E-state index in [1.165, 1.54) is 0 Å². The van der Waals surface area contributed by atoms with Gasteiger partial charge in [0.05, 0.1) is 12.3 Å². The number of carbonyl (C=O) groups excluding carboxylic acids is 1. The maximum atomic E-state index is 14.5. The van der Waals surface area contributed by atoms with Crippen LogP contribution in [0.3, 0.4) is 0 Å². The van der Waals surface area contributed by atoms with Crippen LogP contribution in [0.2, 0.25) is 0 Å². The van der Waals surface area contributed by atoms with Crippen molar-refractivity contribution in [1.82, 2.24) is 0 Å². The van der Waals surface area contributed by atoms with Crippen LogP contribution in [0.4, 0.5) is 14.5 Å². The van der Waals surface area contributed by atoms with Crippen LogP contribution >= 0.6 is 0 Å². The first-order valence-electron chi connectivity index (χ1n) is 9.76. The van der Waals surface area contributed by atoms with Gasteiger partial charge in [0.25, 0.3) is 0 Å². The van der Waals surface area contributed by atoms with Crippen molar-refractivity contribution in [2.24, 2.45) is 5.92 Å². The van der Waals surface area contributed by atoms with Crippen molar-refractivity contribution >= 4 is 24.2 Å². The number of anilines is 1. The molecule has 5 rings (SSSR count). The molecule has 2 aromatic rings. The number of amides is 1. The van der Waals surface area contributed by atoms with Crippen LogP contribution in [0.5, 0.6) is 0 Å². The van der Waals surface area contributed by atoms with Gasteiger partial charge >= 0.3 is 7.12 Å². The average Bonchev–Trinajstić information content (AvgIpc) is 3.23. The first kappa shape index (κ1) is 17.8. The summed E-state index contributed by atoms with van der Waals surface area (Å²) in [5, 5.41) is 12.6. The summed E-state index contributed by atoms with van der Waals surface area (Å²) >= 11 is 0. The highest BCUT2D eigenvalue weighted by Crippen LogP contribution is 2.53. The molecule has 0 radical (unpaired) electrons. The van der Waals surface area contributed by atoms with Gasteiger partial charge in [-0.3, -0.25) is 4.79 Å². The minimum atomic E-state index is -1.06. The van der Waals surface area contributed by atoms with Crippen LogP contribution < -0.4 is 10.8 Å². The molecule has 7 heteroatoms. The second kappa shape index (κ2) is 6.39. The Labute approximate surface area is 162 Å². The van der Waals surface area contributed by atoms with E-state index in [2.05, 4.69) is 5.32 Å². The molecule has 0 unspecified atom stereocenters. The third kappa shape index (κ3) is 2.32. The number of nitrogens with one attached hydrogen (secondary N) is 1. The van der Waals surface area contributed by atoms with Crippen molar-refractivity contribution in [3.05, 3.63) is 58.7 Å². The lowest BCUT2D eigenvalue weighted by Crippen LogP contribution is -2.44. The predicted molar refractivity (Wildman–Crippen MR) is 101 cm³/mol. The maximum Gasteiger partial charge on any atom is 0.491 e. The van der Waals surface area contributed by atoms with Crippen molar-refractivity contribution in [3.63, 3.8) is 0 Å². The van der Waals surface area contributed by atoms with Crippen molar-refractivity contribution in [2.75, 3.05) is 5.32 Å². The van der Waals surface area contributed by atoms with Crippen LogP contribution in [0.1, 0.15) is 48.8 Å². The molecular formula is C21H20BF2NO3. The fraction of sp³-hybridized carbons (Fsp3) is 0.381. The smallest absolute Gasteiger partial charge is 0.423 e.